The van der Waals surface area contributed by atoms with Crippen LogP contribution >= 0.6 is 0 Å². The minimum Gasteiger partial charge on any atom is -0.354 e. The third kappa shape index (κ3) is 3.05. The molecule has 0 radical (unpaired) electrons. The van der Waals surface area contributed by atoms with E-state index in [0.717, 1.165) is 28.1 Å². The normalized spacial score (nSPS) is 9.65. The highest BCUT2D eigenvalue weighted by atomic mass is 14.7. The fourth-order valence-corrected chi connectivity index (χ4v) is 2.45. The Morgan fingerprint density at radius 1 is 0.826 bits per heavy atom. The van der Waals surface area contributed by atoms with Gasteiger partial charge in [0.05, 0.1) is 5.69 Å². The van der Waals surface area contributed by atoms with Gasteiger partial charge in [0.2, 0.25) is 0 Å². The zero-order valence-electron chi connectivity index (χ0n) is 12.3. The molecule has 1 heterocycles. The van der Waals surface area contributed by atoms with E-state index in [0.29, 0.717) is 0 Å². The second-order valence-corrected chi connectivity index (χ2v) is 5.03. The average Bonchev–Trinajstić information content (AvgIpc) is 3.05. The molecular formula is C20H13N3. The van der Waals surface area contributed by atoms with Crippen LogP contribution in [0.15, 0.2) is 72.3 Å². The molecule has 0 saturated heterocycles. The summed E-state index contributed by atoms with van der Waals surface area (Å²) in [6, 6.07) is 25.6. The summed E-state index contributed by atoms with van der Waals surface area (Å²) >= 11 is 0. The van der Waals surface area contributed by atoms with Crippen LogP contribution in [0, 0.1) is 22.7 Å². The fraction of sp³-hybridized carbons (Fsp3) is 0. The van der Waals surface area contributed by atoms with Crippen LogP contribution in [-0.2, 0) is 0 Å². The molecule has 0 aliphatic carbocycles. The summed E-state index contributed by atoms with van der Waals surface area (Å²) in [7, 11) is 0. The van der Waals surface area contributed by atoms with Crippen LogP contribution in [0.5, 0.6) is 0 Å². The molecule has 1 N–H and O–H groups in total. The summed E-state index contributed by atoms with van der Waals surface area (Å²) in [5.74, 6) is 0. The number of allylic oxidation sites excluding steroid dienone is 1. The highest BCUT2D eigenvalue weighted by Gasteiger charge is 2.10. The van der Waals surface area contributed by atoms with E-state index in [1.807, 2.05) is 78.9 Å². The molecule has 3 nitrogen and oxygen atoms in total. The lowest BCUT2D eigenvalue weighted by atomic mass is 10.1. The fourth-order valence-electron chi connectivity index (χ4n) is 2.45. The van der Waals surface area contributed by atoms with Crippen LogP contribution in [-0.4, -0.2) is 4.98 Å². The molecule has 0 bridgehead atoms. The molecule has 0 saturated carbocycles. The van der Waals surface area contributed by atoms with Crippen molar-refractivity contribution in [3.8, 4) is 34.7 Å². The first-order valence-electron chi connectivity index (χ1n) is 7.17. The lowest BCUT2D eigenvalue weighted by molar-refractivity contribution is 1.39. The van der Waals surface area contributed by atoms with Gasteiger partial charge in [0.1, 0.15) is 17.7 Å². The van der Waals surface area contributed by atoms with Gasteiger partial charge in [-0.3, -0.25) is 0 Å². The van der Waals surface area contributed by atoms with Gasteiger partial charge in [-0.25, -0.2) is 0 Å². The first kappa shape index (κ1) is 14.4. The number of H-pyrrole nitrogens is 1. The molecule has 3 heteroatoms. The summed E-state index contributed by atoms with van der Waals surface area (Å²) in [6.45, 7) is 0. The van der Waals surface area contributed by atoms with Crippen molar-refractivity contribution in [3.63, 3.8) is 0 Å². The van der Waals surface area contributed by atoms with E-state index in [-0.39, 0.29) is 5.57 Å². The van der Waals surface area contributed by atoms with Crippen molar-refractivity contribution in [1.82, 2.24) is 4.98 Å². The zero-order valence-corrected chi connectivity index (χ0v) is 12.3. The molecule has 108 valence electrons. The number of aromatic nitrogens is 1. The van der Waals surface area contributed by atoms with Crippen molar-refractivity contribution >= 4 is 6.08 Å². The number of hydrogen-bond donors (Lipinski definition) is 1. The van der Waals surface area contributed by atoms with Crippen molar-refractivity contribution < 1.29 is 0 Å². The van der Waals surface area contributed by atoms with E-state index < -0.39 is 0 Å². The molecule has 1 aromatic heterocycles. The number of aromatic amines is 1. The lowest BCUT2D eigenvalue weighted by Crippen LogP contribution is -1.82. The molecule has 3 rings (SSSR count). The smallest absolute Gasteiger partial charge is 0.130 e. The maximum atomic E-state index is 9.02. The van der Waals surface area contributed by atoms with E-state index in [4.69, 9.17) is 10.5 Å². The summed E-state index contributed by atoms with van der Waals surface area (Å²) in [4.78, 5) is 3.40. The van der Waals surface area contributed by atoms with E-state index >= 15 is 0 Å². The molecular weight excluding hydrogens is 282 g/mol. The Morgan fingerprint density at radius 3 is 1.96 bits per heavy atom. The standard InChI is InChI=1S/C20H13N3/c21-13-15(14-22)11-18-12-19(16-7-3-1-4-8-16)23-20(18)17-9-5-2-6-10-17/h1-12,23H. The van der Waals surface area contributed by atoms with Gasteiger partial charge in [-0.2, -0.15) is 10.5 Å². The molecule has 0 unspecified atom stereocenters. The van der Waals surface area contributed by atoms with Gasteiger partial charge >= 0.3 is 0 Å². The summed E-state index contributed by atoms with van der Waals surface area (Å²) in [5, 5.41) is 18.0. The molecule has 0 aliphatic heterocycles. The molecule has 23 heavy (non-hydrogen) atoms. The minimum absolute atomic E-state index is 0.0841. The quantitative estimate of drug-likeness (QED) is 0.707. The van der Waals surface area contributed by atoms with Gasteiger partial charge in [-0.15, -0.1) is 0 Å². The lowest BCUT2D eigenvalue weighted by Gasteiger charge is -2.01. The van der Waals surface area contributed by atoms with Crippen molar-refractivity contribution in [2.24, 2.45) is 0 Å². The van der Waals surface area contributed by atoms with Gasteiger partial charge in [-0.05, 0) is 23.3 Å². The van der Waals surface area contributed by atoms with Gasteiger partial charge in [-0.1, -0.05) is 60.7 Å². The maximum Gasteiger partial charge on any atom is 0.130 e. The van der Waals surface area contributed by atoms with Gasteiger partial charge in [0.25, 0.3) is 0 Å². The van der Waals surface area contributed by atoms with E-state index in [2.05, 4.69) is 4.98 Å². The molecule has 0 atom stereocenters. The topological polar surface area (TPSA) is 63.4 Å². The van der Waals surface area contributed by atoms with Crippen LogP contribution < -0.4 is 0 Å². The Morgan fingerprint density at radius 2 is 1.39 bits per heavy atom. The minimum atomic E-state index is 0.0841. The number of nitrogens with zero attached hydrogens (tertiary/aromatic N) is 2. The molecule has 0 aliphatic rings. The number of nitrogens with one attached hydrogen (secondary N) is 1. The van der Waals surface area contributed by atoms with E-state index in [9.17, 15) is 0 Å². The van der Waals surface area contributed by atoms with Crippen LogP contribution in [0.3, 0.4) is 0 Å². The van der Waals surface area contributed by atoms with E-state index in [1.165, 1.54) is 0 Å². The SMILES string of the molecule is N#CC(C#N)=Cc1cc(-c2ccccc2)[nH]c1-c1ccccc1. The molecule has 0 amide bonds. The summed E-state index contributed by atoms with van der Waals surface area (Å²) in [6.07, 6.45) is 1.62. The zero-order chi connectivity index (χ0) is 16.1. The van der Waals surface area contributed by atoms with Crippen molar-refractivity contribution in [2.75, 3.05) is 0 Å². The first-order chi connectivity index (χ1) is 11.3. The average molecular weight is 295 g/mol. The van der Waals surface area contributed by atoms with E-state index in [1.54, 1.807) is 6.08 Å². The van der Waals surface area contributed by atoms with Crippen LogP contribution in [0.25, 0.3) is 28.6 Å². The van der Waals surface area contributed by atoms with Gasteiger partial charge in [0.15, 0.2) is 0 Å². The maximum absolute atomic E-state index is 9.02. The summed E-state index contributed by atoms with van der Waals surface area (Å²) < 4.78 is 0. The Balaban J connectivity index is 2.18. The van der Waals surface area contributed by atoms with Crippen LogP contribution in [0.2, 0.25) is 0 Å². The Labute approximate surface area is 134 Å². The second-order valence-electron chi connectivity index (χ2n) is 5.03. The third-order valence-electron chi connectivity index (χ3n) is 3.54. The number of hydrogen-bond acceptors (Lipinski definition) is 2. The van der Waals surface area contributed by atoms with Gasteiger partial charge < -0.3 is 4.98 Å². The predicted molar refractivity (Wildman–Crippen MR) is 90.9 cm³/mol. The van der Waals surface area contributed by atoms with Crippen molar-refractivity contribution in [1.29, 1.82) is 10.5 Å². The molecule has 0 spiro atoms. The number of rotatable bonds is 3. The van der Waals surface area contributed by atoms with Crippen molar-refractivity contribution in [3.05, 3.63) is 77.9 Å². The molecule has 3 aromatic rings. The highest BCUT2D eigenvalue weighted by molar-refractivity contribution is 5.80. The second kappa shape index (κ2) is 6.47. The molecule has 2 aromatic carbocycles. The number of benzene rings is 2. The Bertz CT molecular complexity index is 905. The first-order valence-corrected chi connectivity index (χ1v) is 7.17. The monoisotopic (exact) mass is 295 g/mol. The van der Waals surface area contributed by atoms with Gasteiger partial charge in [0, 0.05) is 11.3 Å². The third-order valence-corrected chi connectivity index (χ3v) is 3.54. The predicted octanol–water partition coefficient (Wildman–Crippen LogP) is 4.78. The largest absolute Gasteiger partial charge is 0.354 e. The Hall–Kier alpha value is -3.56. The Kier molecular flexibility index (Phi) is 4.05. The van der Waals surface area contributed by atoms with Crippen LogP contribution in [0.4, 0.5) is 0 Å². The van der Waals surface area contributed by atoms with Crippen LogP contribution in [0.1, 0.15) is 5.56 Å². The molecule has 0 fully saturated rings. The highest BCUT2D eigenvalue weighted by Crippen LogP contribution is 2.30. The summed E-state index contributed by atoms with van der Waals surface area (Å²) in [5.41, 5.74) is 4.82. The number of nitriles is 2. The van der Waals surface area contributed by atoms with Crippen molar-refractivity contribution in [2.45, 2.75) is 0 Å².